The van der Waals surface area contributed by atoms with Crippen LogP contribution in [0, 0.1) is 6.92 Å². The van der Waals surface area contributed by atoms with E-state index in [0.717, 1.165) is 5.56 Å². The van der Waals surface area contributed by atoms with Gasteiger partial charge in [0.15, 0.2) is 0 Å². The Labute approximate surface area is 82.6 Å². The molecule has 0 radical (unpaired) electrons. The molecule has 1 aromatic rings. The van der Waals surface area contributed by atoms with Crippen LogP contribution in [0.25, 0.3) is 0 Å². The SMILES string of the molecule is COc1cc(C)cc(NS(=O)(=O)O)c1. The second-order valence-corrected chi connectivity index (χ2v) is 3.97. The summed E-state index contributed by atoms with van der Waals surface area (Å²) in [6.07, 6.45) is 0. The molecular weight excluding hydrogens is 206 g/mol. The molecule has 0 saturated heterocycles. The zero-order chi connectivity index (χ0) is 10.8. The third kappa shape index (κ3) is 3.23. The highest BCUT2D eigenvalue weighted by atomic mass is 32.2. The molecule has 0 aliphatic carbocycles. The van der Waals surface area contributed by atoms with Crippen molar-refractivity contribution >= 4 is 16.0 Å². The molecule has 0 spiro atoms. The van der Waals surface area contributed by atoms with Gasteiger partial charge in [-0.15, -0.1) is 0 Å². The summed E-state index contributed by atoms with van der Waals surface area (Å²) in [5, 5.41) is 0. The van der Waals surface area contributed by atoms with Crippen molar-refractivity contribution in [2.75, 3.05) is 11.8 Å². The molecule has 1 aromatic carbocycles. The van der Waals surface area contributed by atoms with Gasteiger partial charge < -0.3 is 4.74 Å². The van der Waals surface area contributed by atoms with Gasteiger partial charge in [0, 0.05) is 6.07 Å². The molecule has 0 bridgehead atoms. The van der Waals surface area contributed by atoms with Gasteiger partial charge in [-0.2, -0.15) is 8.42 Å². The van der Waals surface area contributed by atoms with E-state index in [1.807, 2.05) is 4.72 Å². The highest BCUT2D eigenvalue weighted by molar-refractivity contribution is 7.87. The van der Waals surface area contributed by atoms with Crippen molar-refractivity contribution in [1.82, 2.24) is 0 Å². The molecule has 5 nitrogen and oxygen atoms in total. The summed E-state index contributed by atoms with van der Waals surface area (Å²) in [5.41, 5.74) is 1.10. The van der Waals surface area contributed by atoms with E-state index in [1.165, 1.54) is 13.2 Å². The largest absolute Gasteiger partial charge is 0.497 e. The van der Waals surface area contributed by atoms with Gasteiger partial charge in [-0.3, -0.25) is 9.27 Å². The molecule has 0 unspecified atom stereocenters. The minimum atomic E-state index is -4.22. The molecule has 0 aliphatic rings. The first-order chi connectivity index (χ1) is 6.40. The van der Waals surface area contributed by atoms with Gasteiger partial charge in [0.2, 0.25) is 0 Å². The summed E-state index contributed by atoms with van der Waals surface area (Å²) in [6, 6.07) is 4.80. The van der Waals surface area contributed by atoms with Crippen LogP contribution in [0.5, 0.6) is 5.75 Å². The summed E-state index contributed by atoms with van der Waals surface area (Å²) in [6.45, 7) is 1.79. The van der Waals surface area contributed by atoms with E-state index in [2.05, 4.69) is 0 Å². The molecule has 1 rings (SSSR count). The fraction of sp³-hybridized carbons (Fsp3) is 0.250. The monoisotopic (exact) mass is 217 g/mol. The van der Waals surface area contributed by atoms with Crippen LogP contribution in [-0.4, -0.2) is 20.1 Å². The van der Waals surface area contributed by atoms with Gasteiger partial charge in [0.05, 0.1) is 12.8 Å². The number of ether oxygens (including phenoxy) is 1. The topological polar surface area (TPSA) is 75.6 Å². The maximum atomic E-state index is 10.5. The Bertz CT molecular complexity index is 427. The maximum absolute atomic E-state index is 10.5. The summed E-state index contributed by atoms with van der Waals surface area (Å²) in [4.78, 5) is 0. The van der Waals surface area contributed by atoms with Crippen molar-refractivity contribution < 1.29 is 17.7 Å². The second kappa shape index (κ2) is 3.85. The predicted octanol–water partition coefficient (Wildman–Crippen LogP) is 1.22. The minimum Gasteiger partial charge on any atom is -0.497 e. The highest BCUT2D eigenvalue weighted by Gasteiger charge is 2.05. The van der Waals surface area contributed by atoms with Crippen LogP contribution in [0.3, 0.4) is 0 Å². The standard InChI is InChI=1S/C8H11NO4S/c1-6-3-7(9-14(10,11)12)5-8(4-6)13-2/h3-5,9H,1-2H3,(H,10,11,12). The van der Waals surface area contributed by atoms with Crippen molar-refractivity contribution in [3.8, 4) is 5.75 Å². The third-order valence-electron chi connectivity index (χ3n) is 1.53. The second-order valence-electron chi connectivity index (χ2n) is 2.82. The molecule has 14 heavy (non-hydrogen) atoms. The Morgan fingerprint density at radius 2 is 2.00 bits per heavy atom. The van der Waals surface area contributed by atoms with Crippen LogP contribution in [0.4, 0.5) is 5.69 Å². The van der Waals surface area contributed by atoms with Gasteiger partial charge in [-0.25, -0.2) is 0 Å². The molecule has 0 saturated carbocycles. The van der Waals surface area contributed by atoms with Gasteiger partial charge in [-0.05, 0) is 24.6 Å². The Morgan fingerprint density at radius 1 is 1.36 bits per heavy atom. The van der Waals surface area contributed by atoms with Crippen LogP contribution in [0.2, 0.25) is 0 Å². The zero-order valence-electron chi connectivity index (χ0n) is 7.81. The van der Waals surface area contributed by atoms with Crippen molar-refractivity contribution in [3.63, 3.8) is 0 Å². The molecule has 78 valence electrons. The quantitative estimate of drug-likeness (QED) is 0.746. The van der Waals surface area contributed by atoms with Crippen molar-refractivity contribution in [2.45, 2.75) is 6.92 Å². The normalized spacial score (nSPS) is 11.1. The molecule has 6 heteroatoms. The number of rotatable bonds is 3. The minimum absolute atomic E-state index is 0.268. The Balaban J connectivity index is 3.04. The molecule has 2 N–H and O–H groups in total. The molecule has 0 amide bonds. The van der Waals surface area contributed by atoms with Gasteiger partial charge in [0.25, 0.3) is 0 Å². The first kappa shape index (κ1) is 10.8. The van der Waals surface area contributed by atoms with Crippen LogP contribution >= 0.6 is 0 Å². The van der Waals surface area contributed by atoms with E-state index >= 15 is 0 Å². The van der Waals surface area contributed by atoms with Gasteiger partial charge in [0.1, 0.15) is 5.75 Å². The lowest BCUT2D eigenvalue weighted by atomic mass is 10.2. The van der Waals surface area contributed by atoms with Crippen molar-refractivity contribution in [1.29, 1.82) is 0 Å². The smallest absolute Gasteiger partial charge is 0.357 e. The van der Waals surface area contributed by atoms with Gasteiger partial charge in [-0.1, -0.05) is 0 Å². The first-order valence-corrected chi connectivity index (χ1v) is 5.25. The van der Waals surface area contributed by atoms with E-state index in [9.17, 15) is 8.42 Å². The molecule has 0 aliphatic heterocycles. The summed E-state index contributed by atoms with van der Waals surface area (Å²) >= 11 is 0. The number of anilines is 1. The van der Waals surface area contributed by atoms with E-state index in [4.69, 9.17) is 9.29 Å². The van der Waals surface area contributed by atoms with Crippen LogP contribution < -0.4 is 9.46 Å². The zero-order valence-corrected chi connectivity index (χ0v) is 8.63. The third-order valence-corrected chi connectivity index (χ3v) is 2.03. The van der Waals surface area contributed by atoms with Crippen molar-refractivity contribution in [3.05, 3.63) is 23.8 Å². The lowest BCUT2D eigenvalue weighted by Gasteiger charge is -2.06. The predicted molar refractivity (Wildman–Crippen MR) is 52.9 cm³/mol. The number of hydrogen-bond donors (Lipinski definition) is 2. The van der Waals surface area contributed by atoms with E-state index in [-0.39, 0.29) is 5.69 Å². The fourth-order valence-corrected chi connectivity index (χ4v) is 1.49. The van der Waals surface area contributed by atoms with E-state index in [0.29, 0.717) is 5.75 Å². The number of aryl methyl sites for hydroxylation is 1. The Morgan fingerprint density at radius 3 is 2.50 bits per heavy atom. The average molecular weight is 217 g/mol. The summed E-state index contributed by atoms with van der Waals surface area (Å²) < 4.78 is 36.5. The van der Waals surface area contributed by atoms with Crippen LogP contribution in [0.15, 0.2) is 18.2 Å². The highest BCUT2D eigenvalue weighted by Crippen LogP contribution is 2.20. The lowest BCUT2D eigenvalue weighted by Crippen LogP contribution is -2.10. The van der Waals surface area contributed by atoms with Crippen LogP contribution in [0.1, 0.15) is 5.56 Å². The Kier molecular flexibility index (Phi) is 2.97. The number of hydrogen-bond acceptors (Lipinski definition) is 3. The Hall–Kier alpha value is -1.27. The average Bonchev–Trinajstić information content (AvgIpc) is 1.99. The lowest BCUT2D eigenvalue weighted by molar-refractivity contribution is 0.414. The van der Waals surface area contributed by atoms with Crippen molar-refractivity contribution in [2.24, 2.45) is 0 Å². The van der Waals surface area contributed by atoms with Crippen LogP contribution in [-0.2, 0) is 10.3 Å². The summed E-state index contributed by atoms with van der Waals surface area (Å²) in [5.74, 6) is 0.524. The van der Waals surface area contributed by atoms with E-state index in [1.54, 1.807) is 19.1 Å². The number of nitrogens with one attached hydrogen (secondary N) is 1. The number of methoxy groups -OCH3 is 1. The molecule has 0 fully saturated rings. The number of benzene rings is 1. The van der Waals surface area contributed by atoms with E-state index < -0.39 is 10.3 Å². The fourth-order valence-electron chi connectivity index (χ4n) is 1.07. The molecular formula is C8H11NO4S. The molecule has 0 atom stereocenters. The molecule has 0 aromatic heterocycles. The summed E-state index contributed by atoms with van der Waals surface area (Å²) in [7, 11) is -2.75. The maximum Gasteiger partial charge on any atom is 0.357 e. The molecule has 0 heterocycles. The van der Waals surface area contributed by atoms with Gasteiger partial charge >= 0.3 is 10.3 Å². The first-order valence-electron chi connectivity index (χ1n) is 3.81.